The van der Waals surface area contributed by atoms with Crippen LogP contribution in [0.4, 0.5) is 0 Å². The highest BCUT2D eigenvalue weighted by atomic mass is 35.5. The third kappa shape index (κ3) is 2.08. The number of carbonyl (C=O) groups excluding carboxylic acids is 1. The van der Waals surface area contributed by atoms with E-state index in [0.29, 0.717) is 16.4 Å². The molecule has 2 aromatic rings. The van der Waals surface area contributed by atoms with Crippen molar-refractivity contribution in [3.63, 3.8) is 0 Å². The van der Waals surface area contributed by atoms with Crippen LogP contribution in [0, 0.1) is 0 Å². The molecule has 0 aliphatic heterocycles. The van der Waals surface area contributed by atoms with Gasteiger partial charge in [-0.15, -0.1) is 0 Å². The number of nitrogens with zero attached hydrogens (tertiary/aromatic N) is 3. The second-order valence-corrected chi connectivity index (χ2v) is 4.34. The third-order valence-electron chi connectivity index (χ3n) is 2.46. The van der Waals surface area contributed by atoms with Crippen LogP contribution in [-0.4, -0.2) is 21.1 Å². The summed E-state index contributed by atoms with van der Waals surface area (Å²) in [6.45, 7) is 3.95. The Bertz CT molecular complexity index is 534. The van der Waals surface area contributed by atoms with Gasteiger partial charge >= 0.3 is 0 Å². The highest BCUT2D eigenvalue weighted by molar-refractivity contribution is 6.32. The molecule has 88 valence electrons. The van der Waals surface area contributed by atoms with E-state index in [2.05, 4.69) is 10.1 Å². The van der Waals surface area contributed by atoms with Gasteiger partial charge in [-0.2, -0.15) is 5.10 Å². The molecule has 0 aliphatic rings. The van der Waals surface area contributed by atoms with Gasteiger partial charge in [-0.3, -0.25) is 9.78 Å². The van der Waals surface area contributed by atoms with Gasteiger partial charge in [0.1, 0.15) is 5.15 Å². The molecule has 0 N–H and O–H groups in total. The minimum absolute atomic E-state index is 0.149. The van der Waals surface area contributed by atoms with Crippen molar-refractivity contribution in [2.75, 3.05) is 0 Å². The fourth-order valence-corrected chi connectivity index (χ4v) is 1.89. The Morgan fingerprint density at radius 3 is 2.47 bits per heavy atom. The van der Waals surface area contributed by atoms with Gasteiger partial charge < -0.3 is 0 Å². The number of pyridine rings is 1. The maximum Gasteiger partial charge on any atom is 0.155 e. The highest BCUT2D eigenvalue weighted by Crippen LogP contribution is 2.26. The molecule has 17 heavy (non-hydrogen) atoms. The van der Waals surface area contributed by atoms with Crippen molar-refractivity contribution in [1.29, 1.82) is 0 Å². The molecule has 0 aliphatic carbocycles. The fraction of sp³-hybridized carbons (Fsp3) is 0.250. The van der Waals surface area contributed by atoms with Crippen molar-refractivity contribution in [2.45, 2.75) is 19.8 Å². The van der Waals surface area contributed by atoms with E-state index in [1.165, 1.54) is 0 Å². The van der Waals surface area contributed by atoms with E-state index in [1.807, 2.05) is 13.8 Å². The summed E-state index contributed by atoms with van der Waals surface area (Å²) in [6.07, 6.45) is 4.06. The van der Waals surface area contributed by atoms with E-state index in [4.69, 9.17) is 11.6 Å². The molecule has 0 amide bonds. The standard InChI is InChI=1S/C12H12ClN3O/c1-8(2)11-10(7-17)12(13)16(15-11)9-3-5-14-6-4-9/h3-8H,1-2H3. The number of halogens is 1. The third-order valence-corrected chi connectivity index (χ3v) is 2.83. The van der Waals surface area contributed by atoms with Crippen LogP contribution in [-0.2, 0) is 0 Å². The van der Waals surface area contributed by atoms with Crippen LogP contribution in [0.2, 0.25) is 5.15 Å². The molecule has 5 heteroatoms. The maximum atomic E-state index is 11.0. The lowest BCUT2D eigenvalue weighted by atomic mass is 10.1. The monoisotopic (exact) mass is 249 g/mol. The zero-order valence-electron chi connectivity index (χ0n) is 9.59. The SMILES string of the molecule is CC(C)c1nn(-c2ccncc2)c(Cl)c1C=O. The van der Waals surface area contributed by atoms with Crippen LogP contribution in [0.25, 0.3) is 5.69 Å². The van der Waals surface area contributed by atoms with Crippen molar-refractivity contribution in [3.05, 3.63) is 40.9 Å². The molecule has 0 saturated heterocycles. The van der Waals surface area contributed by atoms with Crippen LogP contribution < -0.4 is 0 Å². The quantitative estimate of drug-likeness (QED) is 0.786. The van der Waals surface area contributed by atoms with E-state index in [0.717, 1.165) is 12.0 Å². The van der Waals surface area contributed by atoms with Gasteiger partial charge in [0, 0.05) is 12.4 Å². The molecular formula is C12H12ClN3O. The minimum Gasteiger partial charge on any atom is -0.298 e. The zero-order valence-corrected chi connectivity index (χ0v) is 10.3. The fourth-order valence-electron chi connectivity index (χ4n) is 1.62. The Morgan fingerprint density at radius 2 is 2.00 bits per heavy atom. The molecule has 4 nitrogen and oxygen atoms in total. The lowest BCUT2D eigenvalue weighted by Crippen LogP contribution is -1.98. The lowest BCUT2D eigenvalue weighted by Gasteiger charge is -2.01. The average molecular weight is 250 g/mol. The second kappa shape index (κ2) is 4.67. The maximum absolute atomic E-state index is 11.0. The van der Waals surface area contributed by atoms with Crippen molar-refractivity contribution in [3.8, 4) is 5.69 Å². The second-order valence-electron chi connectivity index (χ2n) is 3.98. The number of aromatic nitrogens is 3. The summed E-state index contributed by atoms with van der Waals surface area (Å²) in [6, 6.07) is 3.58. The van der Waals surface area contributed by atoms with Gasteiger partial charge in [0.15, 0.2) is 6.29 Å². The molecular weight excluding hydrogens is 238 g/mol. The van der Waals surface area contributed by atoms with Crippen molar-refractivity contribution < 1.29 is 4.79 Å². The summed E-state index contributed by atoms with van der Waals surface area (Å²) >= 11 is 6.16. The summed E-state index contributed by atoms with van der Waals surface area (Å²) in [7, 11) is 0. The van der Waals surface area contributed by atoms with Crippen LogP contribution >= 0.6 is 11.6 Å². The predicted octanol–water partition coefficient (Wildman–Crippen LogP) is 2.86. The molecule has 2 heterocycles. The number of carbonyl (C=O) groups is 1. The molecule has 2 rings (SSSR count). The first kappa shape index (κ1) is 11.8. The highest BCUT2D eigenvalue weighted by Gasteiger charge is 2.18. The van der Waals surface area contributed by atoms with E-state index in [9.17, 15) is 4.79 Å². The number of rotatable bonds is 3. The summed E-state index contributed by atoms with van der Waals surface area (Å²) in [4.78, 5) is 15.0. The predicted molar refractivity (Wildman–Crippen MR) is 65.8 cm³/mol. The average Bonchev–Trinajstić information content (AvgIpc) is 2.67. The van der Waals surface area contributed by atoms with Gasteiger partial charge in [-0.1, -0.05) is 25.4 Å². The number of aldehydes is 1. The van der Waals surface area contributed by atoms with Gasteiger partial charge in [0.2, 0.25) is 0 Å². The normalized spacial score (nSPS) is 10.8. The molecule has 0 aromatic carbocycles. The van der Waals surface area contributed by atoms with Crippen molar-refractivity contribution in [1.82, 2.24) is 14.8 Å². The lowest BCUT2D eigenvalue weighted by molar-refractivity contribution is 0.112. The summed E-state index contributed by atoms with van der Waals surface area (Å²) in [5.74, 6) is 0.149. The first-order valence-electron chi connectivity index (χ1n) is 5.29. The molecule has 0 saturated carbocycles. The molecule has 0 bridgehead atoms. The Balaban J connectivity index is 2.61. The van der Waals surface area contributed by atoms with Crippen LogP contribution in [0.5, 0.6) is 0 Å². The Morgan fingerprint density at radius 1 is 1.35 bits per heavy atom. The van der Waals surface area contributed by atoms with Crippen LogP contribution in [0.1, 0.15) is 35.8 Å². The van der Waals surface area contributed by atoms with E-state index < -0.39 is 0 Å². The largest absolute Gasteiger partial charge is 0.298 e. The van der Waals surface area contributed by atoms with Gasteiger partial charge in [-0.25, -0.2) is 4.68 Å². The molecule has 0 atom stereocenters. The first-order chi connectivity index (χ1) is 8.15. The molecule has 0 radical (unpaired) electrons. The number of hydrogen-bond donors (Lipinski definition) is 0. The Hall–Kier alpha value is -1.68. The number of hydrogen-bond acceptors (Lipinski definition) is 3. The topological polar surface area (TPSA) is 47.8 Å². The smallest absolute Gasteiger partial charge is 0.155 e. The van der Waals surface area contributed by atoms with Gasteiger partial charge in [0.05, 0.1) is 16.9 Å². The summed E-state index contributed by atoms with van der Waals surface area (Å²) in [5, 5.41) is 4.72. The Kier molecular flexibility index (Phi) is 3.24. The van der Waals surface area contributed by atoms with Crippen molar-refractivity contribution >= 4 is 17.9 Å². The zero-order chi connectivity index (χ0) is 12.4. The summed E-state index contributed by atoms with van der Waals surface area (Å²) < 4.78 is 1.56. The van der Waals surface area contributed by atoms with Gasteiger partial charge in [-0.05, 0) is 18.1 Å². The van der Waals surface area contributed by atoms with Crippen molar-refractivity contribution in [2.24, 2.45) is 0 Å². The Labute approximate surface area is 104 Å². The van der Waals surface area contributed by atoms with Crippen LogP contribution in [0.15, 0.2) is 24.5 Å². The summed E-state index contributed by atoms with van der Waals surface area (Å²) in [5.41, 5.74) is 1.96. The van der Waals surface area contributed by atoms with E-state index in [1.54, 1.807) is 29.2 Å². The molecule has 0 fully saturated rings. The van der Waals surface area contributed by atoms with Gasteiger partial charge in [0.25, 0.3) is 0 Å². The minimum atomic E-state index is 0.149. The van der Waals surface area contributed by atoms with Crippen LogP contribution in [0.3, 0.4) is 0 Å². The van der Waals surface area contributed by atoms with E-state index >= 15 is 0 Å². The molecule has 2 aromatic heterocycles. The van der Waals surface area contributed by atoms with E-state index in [-0.39, 0.29) is 5.92 Å². The first-order valence-corrected chi connectivity index (χ1v) is 5.67. The molecule has 0 unspecified atom stereocenters. The molecule has 0 spiro atoms.